The maximum absolute atomic E-state index is 11.5. The third kappa shape index (κ3) is 4.04. The molecule has 0 saturated heterocycles. The molecule has 3 N–H and O–H groups in total. The van der Waals surface area contributed by atoms with Crippen molar-refractivity contribution in [2.75, 3.05) is 12.4 Å². The molecule has 5 rings (SSSR count). The minimum Gasteiger partial charge on any atom is -0.387 e. The number of rotatable bonds is 5. The molecule has 2 aliphatic rings. The summed E-state index contributed by atoms with van der Waals surface area (Å²) in [5, 5.41) is 16.8. The van der Waals surface area contributed by atoms with Crippen molar-refractivity contribution in [2.45, 2.75) is 56.5 Å². The number of amides is 2. The molecule has 0 unspecified atom stereocenters. The first-order valence-corrected chi connectivity index (χ1v) is 11.4. The molecule has 1 aromatic carbocycles. The Morgan fingerprint density at radius 2 is 1.74 bits per heavy atom. The van der Waals surface area contributed by atoms with E-state index in [0.29, 0.717) is 11.8 Å². The van der Waals surface area contributed by atoms with Crippen LogP contribution < -0.4 is 10.6 Å². The first-order valence-electron chi connectivity index (χ1n) is 11.4. The summed E-state index contributed by atoms with van der Waals surface area (Å²) in [5.41, 5.74) is 5.53. The average molecular weight is 419 g/mol. The maximum atomic E-state index is 11.5. The van der Waals surface area contributed by atoms with Crippen LogP contribution in [0.5, 0.6) is 0 Å². The molecule has 6 heteroatoms. The van der Waals surface area contributed by atoms with Gasteiger partial charge in [-0.15, -0.1) is 0 Å². The highest BCUT2D eigenvalue weighted by molar-refractivity contribution is 5.88. The smallest absolute Gasteiger partial charge is 0.318 e. The SMILES string of the molecule is CNC(=O)Nc1ccc([C@H]2CC[C@H]([C@H](O)c3c(C4CC4)ccc4cncn34)CC2)cc1. The van der Waals surface area contributed by atoms with Crippen LogP contribution in [-0.2, 0) is 0 Å². The van der Waals surface area contributed by atoms with Gasteiger partial charge < -0.3 is 20.1 Å². The van der Waals surface area contributed by atoms with Gasteiger partial charge in [0, 0.05) is 12.7 Å². The van der Waals surface area contributed by atoms with Crippen molar-refractivity contribution in [3.05, 3.63) is 65.7 Å². The van der Waals surface area contributed by atoms with Crippen LogP contribution in [0.25, 0.3) is 5.52 Å². The minimum absolute atomic E-state index is 0.208. The number of benzene rings is 1. The van der Waals surface area contributed by atoms with E-state index >= 15 is 0 Å². The summed E-state index contributed by atoms with van der Waals surface area (Å²) in [6.07, 6.45) is 9.87. The number of nitrogens with zero attached hydrogens (tertiary/aromatic N) is 2. The summed E-state index contributed by atoms with van der Waals surface area (Å²) in [4.78, 5) is 15.8. The normalized spacial score (nSPS) is 22.3. The third-order valence-electron chi connectivity index (χ3n) is 7.04. The van der Waals surface area contributed by atoms with Gasteiger partial charge in [0.2, 0.25) is 0 Å². The molecule has 6 nitrogen and oxygen atoms in total. The number of imidazole rings is 1. The molecule has 1 atom stereocenters. The van der Waals surface area contributed by atoms with Crippen molar-refractivity contribution in [3.63, 3.8) is 0 Å². The summed E-state index contributed by atoms with van der Waals surface area (Å²) < 4.78 is 2.10. The Hall–Kier alpha value is -2.86. The summed E-state index contributed by atoms with van der Waals surface area (Å²) in [6.45, 7) is 0. The largest absolute Gasteiger partial charge is 0.387 e. The fourth-order valence-corrected chi connectivity index (χ4v) is 5.11. The Morgan fingerprint density at radius 1 is 1.03 bits per heavy atom. The number of anilines is 1. The molecule has 2 fully saturated rings. The zero-order chi connectivity index (χ0) is 21.4. The molecule has 2 heterocycles. The molecular weight excluding hydrogens is 388 g/mol. The number of hydrogen-bond donors (Lipinski definition) is 3. The van der Waals surface area contributed by atoms with Crippen LogP contribution in [-0.4, -0.2) is 27.6 Å². The van der Waals surface area contributed by atoms with E-state index in [4.69, 9.17) is 0 Å². The number of pyridine rings is 1. The number of fused-ring (bicyclic) bond motifs is 1. The minimum atomic E-state index is -0.450. The third-order valence-corrected chi connectivity index (χ3v) is 7.04. The van der Waals surface area contributed by atoms with E-state index in [2.05, 4.69) is 44.3 Å². The molecule has 2 aromatic heterocycles. The van der Waals surface area contributed by atoms with Gasteiger partial charge in [0.05, 0.1) is 29.8 Å². The second-order valence-corrected chi connectivity index (χ2v) is 9.02. The summed E-state index contributed by atoms with van der Waals surface area (Å²) in [7, 11) is 1.61. The van der Waals surface area contributed by atoms with E-state index < -0.39 is 6.10 Å². The van der Waals surface area contributed by atoms with Crippen LogP contribution in [0.1, 0.15) is 73.3 Å². The Morgan fingerprint density at radius 3 is 2.42 bits per heavy atom. The summed E-state index contributed by atoms with van der Waals surface area (Å²) in [6, 6.07) is 12.3. The molecule has 0 spiro atoms. The molecule has 3 aromatic rings. The highest BCUT2D eigenvalue weighted by Crippen LogP contribution is 2.47. The zero-order valence-electron chi connectivity index (χ0n) is 17.9. The van der Waals surface area contributed by atoms with Crippen molar-refractivity contribution >= 4 is 17.2 Å². The van der Waals surface area contributed by atoms with Crippen LogP contribution >= 0.6 is 0 Å². The van der Waals surface area contributed by atoms with E-state index in [-0.39, 0.29) is 11.9 Å². The average Bonchev–Trinajstić information content (AvgIpc) is 3.55. The quantitative estimate of drug-likeness (QED) is 0.547. The van der Waals surface area contributed by atoms with E-state index in [1.165, 1.54) is 24.0 Å². The molecule has 31 heavy (non-hydrogen) atoms. The molecule has 0 radical (unpaired) electrons. The van der Waals surface area contributed by atoms with Gasteiger partial charge in [-0.25, -0.2) is 9.78 Å². The van der Waals surface area contributed by atoms with E-state index in [1.54, 1.807) is 7.05 Å². The Balaban J connectivity index is 1.28. The molecule has 0 bridgehead atoms. The van der Waals surface area contributed by atoms with E-state index in [9.17, 15) is 9.90 Å². The number of aliphatic hydroxyl groups excluding tert-OH is 1. The monoisotopic (exact) mass is 418 g/mol. The van der Waals surface area contributed by atoms with Gasteiger partial charge in [0.1, 0.15) is 0 Å². The number of carbonyl (C=O) groups is 1. The van der Waals surface area contributed by atoms with Crippen molar-refractivity contribution < 1.29 is 9.90 Å². The maximum Gasteiger partial charge on any atom is 0.318 e. The predicted octanol–water partition coefficient (Wildman–Crippen LogP) is 4.97. The molecule has 2 amide bonds. The van der Waals surface area contributed by atoms with Crippen LogP contribution in [0, 0.1) is 5.92 Å². The summed E-state index contributed by atoms with van der Waals surface area (Å²) in [5.74, 6) is 1.37. The number of nitrogens with one attached hydrogen (secondary N) is 2. The molecule has 2 saturated carbocycles. The fourth-order valence-electron chi connectivity index (χ4n) is 5.11. The Bertz CT molecular complexity index is 1060. The van der Waals surface area contributed by atoms with Gasteiger partial charge in [0.15, 0.2) is 0 Å². The first-order chi connectivity index (χ1) is 15.1. The van der Waals surface area contributed by atoms with Crippen molar-refractivity contribution in [1.82, 2.24) is 14.7 Å². The fraction of sp³-hybridized carbons (Fsp3) is 0.440. The lowest BCUT2D eigenvalue weighted by Gasteiger charge is -2.33. The lowest BCUT2D eigenvalue weighted by Crippen LogP contribution is -2.24. The van der Waals surface area contributed by atoms with Crippen molar-refractivity contribution in [2.24, 2.45) is 5.92 Å². The highest BCUT2D eigenvalue weighted by Gasteiger charge is 2.34. The van der Waals surface area contributed by atoms with Gasteiger partial charge in [-0.2, -0.15) is 0 Å². The molecule has 162 valence electrons. The van der Waals surface area contributed by atoms with Crippen molar-refractivity contribution in [3.8, 4) is 0 Å². The zero-order valence-corrected chi connectivity index (χ0v) is 17.9. The van der Waals surface area contributed by atoms with Gasteiger partial charge in [-0.1, -0.05) is 18.2 Å². The Labute approximate surface area is 182 Å². The van der Waals surface area contributed by atoms with Crippen LogP contribution in [0.15, 0.2) is 48.9 Å². The van der Waals surface area contributed by atoms with Gasteiger partial charge >= 0.3 is 6.03 Å². The molecule has 2 aliphatic carbocycles. The van der Waals surface area contributed by atoms with Crippen LogP contribution in [0.3, 0.4) is 0 Å². The molecular formula is C25H30N4O2. The topological polar surface area (TPSA) is 78.7 Å². The van der Waals surface area contributed by atoms with Crippen LogP contribution in [0.2, 0.25) is 0 Å². The predicted molar refractivity (Wildman–Crippen MR) is 121 cm³/mol. The van der Waals surface area contributed by atoms with Crippen molar-refractivity contribution in [1.29, 1.82) is 0 Å². The van der Waals surface area contributed by atoms with Crippen LogP contribution in [0.4, 0.5) is 10.5 Å². The first kappa shape index (κ1) is 20.1. The highest BCUT2D eigenvalue weighted by atomic mass is 16.3. The number of aromatic nitrogens is 2. The summed E-state index contributed by atoms with van der Waals surface area (Å²) >= 11 is 0. The molecule has 0 aliphatic heterocycles. The lowest BCUT2D eigenvalue weighted by atomic mass is 9.75. The van der Waals surface area contributed by atoms with Gasteiger partial charge in [-0.05, 0) is 85.6 Å². The van der Waals surface area contributed by atoms with Gasteiger partial charge in [0.25, 0.3) is 0 Å². The standard InChI is InChI=1S/C25H30N4O2/c1-26-25(31)28-20-10-8-17(9-11-20)16-2-6-19(7-3-16)24(30)23-22(18-4-5-18)13-12-21-14-27-15-29(21)23/h8-16,18-19,24,30H,2-7H2,1H3,(H2,26,28,31)/t16-,19-,24-/m0/s1. The number of carbonyl (C=O) groups excluding carboxylic acids is 1. The number of aliphatic hydroxyl groups is 1. The lowest BCUT2D eigenvalue weighted by molar-refractivity contribution is 0.0754. The van der Waals surface area contributed by atoms with E-state index in [1.807, 2.05) is 24.7 Å². The number of urea groups is 1. The van der Waals surface area contributed by atoms with Gasteiger partial charge in [-0.3, -0.25) is 0 Å². The Kier molecular flexibility index (Phi) is 5.40. The van der Waals surface area contributed by atoms with E-state index in [0.717, 1.165) is 42.6 Å². The second-order valence-electron chi connectivity index (χ2n) is 9.02. The second kappa shape index (κ2) is 8.35. The number of hydrogen-bond acceptors (Lipinski definition) is 3.